The highest BCUT2D eigenvalue weighted by molar-refractivity contribution is 5.98. The van der Waals surface area contributed by atoms with Crippen LogP contribution >= 0.6 is 0 Å². The summed E-state index contributed by atoms with van der Waals surface area (Å²) < 4.78 is 11.0. The predicted molar refractivity (Wildman–Crippen MR) is 77.4 cm³/mol. The largest absolute Gasteiger partial charge is 0.487 e. The molecule has 1 aliphatic heterocycles. The van der Waals surface area contributed by atoms with Crippen molar-refractivity contribution in [3.05, 3.63) is 23.8 Å². The van der Waals surface area contributed by atoms with Crippen molar-refractivity contribution in [2.45, 2.75) is 38.7 Å². The van der Waals surface area contributed by atoms with Crippen molar-refractivity contribution in [2.75, 3.05) is 11.9 Å². The maximum absolute atomic E-state index is 12.3. The van der Waals surface area contributed by atoms with Crippen molar-refractivity contribution in [3.63, 3.8) is 0 Å². The number of hydrogen-bond acceptors (Lipinski definition) is 4. The number of amides is 1. The second-order valence-electron chi connectivity index (χ2n) is 5.47. The molecule has 1 aromatic rings. The van der Waals surface area contributed by atoms with Crippen molar-refractivity contribution >= 4 is 17.6 Å². The second kappa shape index (κ2) is 5.76. The third-order valence-corrected chi connectivity index (χ3v) is 4.07. The van der Waals surface area contributed by atoms with Crippen molar-refractivity contribution < 1.29 is 19.1 Å². The van der Waals surface area contributed by atoms with Gasteiger partial charge in [0.2, 0.25) is 5.91 Å². The van der Waals surface area contributed by atoms with Gasteiger partial charge >= 0.3 is 5.97 Å². The Bertz CT molecular complexity index is 569. The molecule has 1 fully saturated rings. The molecule has 0 saturated heterocycles. The van der Waals surface area contributed by atoms with Crippen LogP contribution in [0.4, 0.5) is 5.69 Å². The lowest BCUT2D eigenvalue weighted by Crippen LogP contribution is -2.36. The lowest BCUT2D eigenvalue weighted by atomic mass is 9.86. The number of rotatable bonds is 2. The van der Waals surface area contributed by atoms with Crippen LogP contribution in [0.25, 0.3) is 0 Å². The molecule has 0 spiro atoms. The molecule has 0 radical (unpaired) electrons. The Morgan fingerprint density at radius 1 is 1.38 bits per heavy atom. The number of benzene rings is 1. The first-order valence-electron chi connectivity index (χ1n) is 7.47. The van der Waals surface area contributed by atoms with E-state index in [1.165, 1.54) is 0 Å². The summed E-state index contributed by atoms with van der Waals surface area (Å²) in [5, 5.41) is 2.89. The van der Waals surface area contributed by atoms with Crippen LogP contribution in [-0.4, -0.2) is 24.6 Å². The van der Waals surface area contributed by atoms with Crippen molar-refractivity contribution in [3.8, 4) is 5.75 Å². The molecule has 1 heterocycles. The number of esters is 1. The first-order chi connectivity index (χ1) is 10.2. The van der Waals surface area contributed by atoms with Crippen LogP contribution in [0.5, 0.6) is 5.75 Å². The van der Waals surface area contributed by atoms with Crippen LogP contribution < -0.4 is 10.1 Å². The molecule has 1 N–H and O–H groups in total. The molecule has 3 rings (SSSR count). The Balaban J connectivity index is 1.89. The summed E-state index contributed by atoms with van der Waals surface area (Å²) in [6, 6.07) is 5.04. The van der Waals surface area contributed by atoms with E-state index in [1.807, 2.05) is 0 Å². The van der Waals surface area contributed by atoms with Crippen LogP contribution in [0.15, 0.2) is 18.2 Å². The van der Waals surface area contributed by atoms with E-state index in [-0.39, 0.29) is 17.9 Å². The van der Waals surface area contributed by atoms with Gasteiger partial charge in [-0.3, -0.25) is 4.79 Å². The van der Waals surface area contributed by atoms with Gasteiger partial charge in [-0.2, -0.15) is 0 Å². The Kier molecular flexibility index (Phi) is 3.82. The van der Waals surface area contributed by atoms with Crippen molar-refractivity contribution in [1.29, 1.82) is 0 Å². The van der Waals surface area contributed by atoms with Gasteiger partial charge in [-0.25, -0.2) is 4.79 Å². The van der Waals surface area contributed by atoms with Crippen LogP contribution in [0, 0.1) is 5.92 Å². The second-order valence-corrected chi connectivity index (χ2v) is 5.47. The summed E-state index contributed by atoms with van der Waals surface area (Å²) in [5.74, 6) is 0.124. The number of carbonyl (C=O) groups excluding carboxylic acids is 2. The standard InChI is InChI=1S/C16H19NO4/c1-2-20-16(19)10-7-8-14-12(9-10)17-15(18)11-5-3-4-6-13(11)21-14/h7-9,11,13H,2-6H2,1H3,(H,17,18). The van der Waals surface area contributed by atoms with Gasteiger partial charge in [0, 0.05) is 0 Å². The van der Waals surface area contributed by atoms with Gasteiger partial charge in [0.25, 0.3) is 0 Å². The highest BCUT2D eigenvalue weighted by atomic mass is 16.5. The van der Waals surface area contributed by atoms with E-state index < -0.39 is 5.97 Å². The van der Waals surface area contributed by atoms with Gasteiger partial charge in [-0.15, -0.1) is 0 Å². The van der Waals surface area contributed by atoms with Gasteiger partial charge < -0.3 is 14.8 Å². The zero-order valence-corrected chi connectivity index (χ0v) is 12.1. The Labute approximate surface area is 123 Å². The van der Waals surface area contributed by atoms with Gasteiger partial charge in [0.05, 0.1) is 23.8 Å². The zero-order valence-electron chi connectivity index (χ0n) is 12.1. The van der Waals surface area contributed by atoms with E-state index in [4.69, 9.17) is 9.47 Å². The smallest absolute Gasteiger partial charge is 0.338 e. The van der Waals surface area contributed by atoms with E-state index in [9.17, 15) is 9.59 Å². The van der Waals surface area contributed by atoms with Crippen LogP contribution in [0.3, 0.4) is 0 Å². The Hall–Kier alpha value is -2.04. The quantitative estimate of drug-likeness (QED) is 0.850. The zero-order chi connectivity index (χ0) is 14.8. The summed E-state index contributed by atoms with van der Waals surface area (Å²) >= 11 is 0. The fraction of sp³-hybridized carbons (Fsp3) is 0.500. The molecule has 0 aromatic heterocycles. The molecule has 2 unspecified atom stereocenters. The summed E-state index contributed by atoms with van der Waals surface area (Å²) in [6.07, 6.45) is 3.84. The number of nitrogens with one attached hydrogen (secondary N) is 1. The first-order valence-corrected chi connectivity index (χ1v) is 7.47. The van der Waals surface area contributed by atoms with Gasteiger partial charge in [-0.1, -0.05) is 6.42 Å². The Morgan fingerprint density at radius 3 is 3.00 bits per heavy atom. The van der Waals surface area contributed by atoms with Gasteiger partial charge in [0.15, 0.2) is 0 Å². The normalized spacial score (nSPS) is 24.0. The topological polar surface area (TPSA) is 64.6 Å². The highest BCUT2D eigenvalue weighted by Gasteiger charge is 2.35. The molecule has 1 aliphatic carbocycles. The van der Waals surface area contributed by atoms with Crippen molar-refractivity contribution in [2.24, 2.45) is 5.92 Å². The van der Waals surface area contributed by atoms with Crippen LogP contribution in [0.2, 0.25) is 0 Å². The summed E-state index contributed by atoms with van der Waals surface area (Å²) in [6.45, 7) is 2.08. The number of ether oxygens (including phenoxy) is 2. The molecule has 1 aromatic carbocycles. The SMILES string of the molecule is CCOC(=O)c1ccc2c(c1)NC(=O)C1CCCCC1O2. The number of fused-ring (bicyclic) bond motifs is 2. The average Bonchev–Trinajstić information content (AvgIpc) is 2.63. The minimum Gasteiger partial charge on any atom is -0.487 e. The molecule has 112 valence electrons. The van der Waals surface area contributed by atoms with Gasteiger partial charge in [-0.05, 0) is 44.4 Å². The van der Waals surface area contributed by atoms with E-state index in [2.05, 4.69) is 5.32 Å². The molecular formula is C16H19NO4. The Morgan fingerprint density at radius 2 is 2.19 bits per heavy atom. The number of carbonyl (C=O) groups is 2. The van der Waals surface area contributed by atoms with E-state index in [1.54, 1.807) is 25.1 Å². The minimum absolute atomic E-state index is 0.0144. The molecule has 1 saturated carbocycles. The molecule has 1 amide bonds. The maximum atomic E-state index is 12.3. The van der Waals surface area contributed by atoms with Crippen LogP contribution in [0.1, 0.15) is 43.0 Å². The number of anilines is 1. The predicted octanol–water partition coefficient (Wildman–Crippen LogP) is 2.75. The van der Waals surface area contributed by atoms with E-state index in [0.717, 1.165) is 25.7 Å². The molecule has 21 heavy (non-hydrogen) atoms. The maximum Gasteiger partial charge on any atom is 0.338 e. The monoisotopic (exact) mass is 289 g/mol. The number of hydrogen-bond donors (Lipinski definition) is 1. The van der Waals surface area contributed by atoms with E-state index >= 15 is 0 Å². The van der Waals surface area contributed by atoms with E-state index in [0.29, 0.717) is 23.6 Å². The molecular weight excluding hydrogens is 270 g/mol. The lowest BCUT2D eigenvalue weighted by Gasteiger charge is -2.28. The average molecular weight is 289 g/mol. The molecule has 5 heteroatoms. The minimum atomic E-state index is -0.392. The summed E-state index contributed by atoms with van der Waals surface area (Å²) in [5.41, 5.74) is 0.976. The lowest BCUT2D eigenvalue weighted by molar-refractivity contribution is -0.123. The fourth-order valence-corrected chi connectivity index (χ4v) is 3.00. The molecule has 2 aliphatic rings. The van der Waals surface area contributed by atoms with Crippen molar-refractivity contribution in [1.82, 2.24) is 0 Å². The molecule has 5 nitrogen and oxygen atoms in total. The molecule has 0 bridgehead atoms. The van der Waals surface area contributed by atoms with Gasteiger partial charge in [0.1, 0.15) is 11.9 Å². The third kappa shape index (κ3) is 2.73. The first kappa shape index (κ1) is 13.9. The summed E-state index contributed by atoms with van der Waals surface area (Å²) in [7, 11) is 0. The molecule has 2 atom stereocenters. The highest BCUT2D eigenvalue weighted by Crippen LogP contribution is 2.36. The fourth-order valence-electron chi connectivity index (χ4n) is 3.00. The van der Waals surface area contributed by atoms with Crippen LogP contribution in [-0.2, 0) is 9.53 Å². The summed E-state index contributed by atoms with van der Waals surface area (Å²) in [4.78, 5) is 24.1. The third-order valence-electron chi connectivity index (χ3n) is 4.07.